The molecule has 0 aliphatic carbocycles. The lowest BCUT2D eigenvalue weighted by molar-refractivity contribution is -0.135. The van der Waals surface area contributed by atoms with Crippen molar-refractivity contribution in [3.8, 4) is 0 Å². The Kier molecular flexibility index (Phi) is 3.90. The van der Waals surface area contributed by atoms with E-state index in [0.717, 1.165) is 0 Å². The molecule has 1 aromatic heterocycles. The summed E-state index contributed by atoms with van der Waals surface area (Å²) in [6.07, 6.45) is 2.78. The van der Waals surface area contributed by atoms with Crippen molar-refractivity contribution in [2.24, 2.45) is 0 Å². The molecule has 6 nitrogen and oxygen atoms in total. The smallest absolute Gasteiger partial charge is 0.268 e. The van der Waals surface area contributed by atoms with Crippen molar-refractivity contribution >= 4 is 21.8 Å². The summed E-state index contributed by atoms with van der Waals surface area (Å²) < 4.78 is 6.81. The number of amides is 1. The zero-order valence-electron chi connectivity index (χ0n) is 9.13. The first kappa shape index (κ1) is 12.3. The van der Waals surface area contributed by atoms with E-state index in [4.69, 9.17) is 4.74 Å². The standard InChI is InChI=1S/C10H12BrN3O3/c11-8-5-12-7-14(10(8)16)6-9(15)13-1-3-17-4-2-13/h5,7H,1-4,6H2. The molecule has 1 aromatic rings. The van der Waals surface area contributed by atoms with Crippen LogP contribution in [0.2, 0.25) is 0 Å². The van der Waals surface area contributed by atoms with Crippen molar-refractivity contribution in [1.29, 1.82) is 0 Å². The Bertz CT molecular complexity index is 468. The normalized spacial score (nSPS) is 15.9. The van der Waals surface area contributed by atoms with Crippen LogP contribution in [0.4, 0.5) is 0 Å². The lowest BCUT2D eigenvalue weighted by atomic mass is 10.4. The Labute approximate surface area is 106 Å². The largest absolute Gasteiger partial charge is 0.378 e. The maximum atomic E-state index is 11.9. The lowest BCUT2D eigenvalue weighted by Gasteiger charge is -2.26. The molecule has 0 atom stereocenters. The Morgan fingerprint density at radius 1 is 1.47 bits per heavy atom. The number of aromatic nitrogens is 2. The summed E-state index contributed by atoms with van der Waals surface area (Å²) in [6, 6.07) is 0. The van der Waals surface area contributed by atoms with Gasteiger partial charge in [0, 0.05) is 19.3 Å². The van der Waals surface area contributed by atoms with Crippen LogP contribution in [-0.4, -0.2) is 46.7 Å². The van der Waals surface area contributed by atoms with Crippen LogP contribution < -0.4 is 5.56 Å². The average Bonchev–Trinajstić information content (AvgIpc) is 2.36. The minimum absolute atomic E-state index is 0.0191. The van der Waals surface area contributed by atoms with Gasteiger partial charge in [0.05, 0.1) is 19.5 Å². The summed E-state index contributed by atoms with van der Waals surface area (Å²) in [6.45, 7) is 2.28. The summed E-state index contributed by atoms with van der Waals surface area (Å²) in [4.78, 5) is 29.1. The molecule has 0 bridgehead atoms. The first-order chi connectivity index (χ1) is 8.18. The molecule has 0 spiro atoms. The van der Waals surface area contributed by atoms with E-state index in [0.29, 0.717) is 30.8 Å². The van der Waals surface area contributed by atoms with Crippen LogP contribution in [0.1, 0.15) is 0 Å². The fourth-order valence-corrected chi connectivity index (χ4v) is 1.94. The molecule has 1 aliphatic rings. The fraction of sp³-hybridized carbons (Fsp3) is 0.500. The van der Waals surface area contributed by atoms with Gasteiger partial charge >= 0.3 is 0 Å². The molecule has 92 valence electrons. The Balaban J connectivity index is 2.07. The number of halogens is 1. The zero-order chi connectivity index (χ0) is 12.3. The van der Waals surface area contributed by atoms with E-state index in [1.807, 2.05) is 0 Å². The quantitative estimate of drug-likeness (QED) is 0.763. The number of rotatable bonds is 2. The zero-order valence-corrected chi connectivity index (χ0v) is 10.7. The third kappa shape index (κ3) is 2.92. The maximum absolute atomic E-state index is 11.9. The van der Waals surface area contributed by atoms with Crippen LogP contribution in [0, 0.1) is 0 Å². The van der Waals surface area contributed by atoms with E-state index in [1.165, 1.54) is 17.1 Å². The van der Waals surface area contributed by atoms with Gasteiger partial charge in [0.2, 0.25) is 5.91 Å². The van der Waals surface area contributed by atoms with Crippen LogP contribution in [0.15, 0.2) is 21.8 Å². The minimum atomic E-state index is -0.249. The highest BCUT2D eigenvalue weighted by Crippen LogP contribution is 2.01. The first-order valence-electron chi connectivity index (χ1n) is 5.24. The van der Waals surface area contributed by atoms with Crippen molar-refractivity contribution in [2.75, 3.05) is 26.3 Å². The summed E-state index contributed by atoms with van der Waals surface area (Å²) in [5, 5.41) is 0. The van der Waals surface area contributed by atoms with Crippen molar-refractivity contribution in [3.63, 3.8) is 0 Å². The minimum Gasteiger partial charge on any atom is -0.378 e. The number of hydrogen-bond acceptors (Lipinski definition) is 4. The van der Waals surface area contributed by atoms with Gasteiger partial charge in [-0.25, -0.2) is 4.98 Å². The number of carbonyl (C=O) groups is 1. The molecule has 1 saturated heterocycles. The van der Waals surface area contributed by atoms with Crippen molar-refractivity contribution in [3.05, 3.63) is 27.4 Å². The molecule has 1 amide bonds. The summed E-state index contributed by atoms with van der Waals surface area (Å²) in [5.41, 5.74) is -0.249. The molecule has 17 heavy (non-hydrogen) atoms. The predicted octanol–water partition coefficient (Wildman–Crippen LogP) is -0.135. The van der Waals surface area contributed by atoms with E-state index in [1.54, 1.807) is 4.90 Å². The molecule has 1 fully saturated rings. The summed E-state index contributed by atoms with van der Waals surface area (Å²) in [7, 11) is 0. The Morgan fingerprint density at radius 3 is 2.88 bits per heavy atom. The van der Waals surface area contributed by atoms with Gasteiger partial charge in [-0.15, -0.1) is 0 Å². The highest BCUT2D eigenvalue weighted by molar-refractivity contribution is 9.10. The van der Waals surface area contributed by atoms with E-state index in [9.17, 15) is 9.59 Å². The number of hydrogen-bond donors (Lipinski definition) is 0. The molecule has 7 heteroatoms. The lowest BCUT2D eigenvalue weighted by Crippen LogP contribution is -2.43. The van der Waals surface area contributed by atoms with E-state index in [-0.39, 0.29) is 18.0 Å². The second kappa shape index (κ2) is 5.42. The van der Waals surface area contributed by atoms with Gasteiger partial charge in [0.1, 0.15) is 11.0 Å². The highest BCUT2D eigenvalue weighted by atomic mass is 79.9. The number of nitrogens with zero attached hydrogens (tertiary/aromatic N) is 3. The SMILES string of the molecule is O=C(Cn1cncc(Br)c1=O)N1CCOCC1. The molecular weight excluding hydrogens is 290 g/mol. The molecule has 0 aromatic carbocycles. The Morgan fingerprint density at radius 2 is 2.18 bits per heavy atom. The molecular formula is C10H12BrN3O3. The maximum Gasteiger partial charge on any atom is 0.268 e. The third-order valence-corrected chi connectivity index (χ3v) is 3.07. The van der Waals surface area contributed by atoms with Crippen LogP contribution >= 0.6 is 15.9 Å². The first-order valence-corrected chi connectivity index (χ1v) is 6.03. The summed E-state index contributed by atoms with van der Waals surface area (Å²) >= 11 is 3.09. The summed E-state index contributed by atoms with van der Waals surface area (Å²) in [5.74, 6) is -0.0877. The van der Waals surface area contributed by atoms with Gasteiger partial charge < -0.3 is 9.64 Å². The van der Waals surface area contributed by atoms with Crippen LogP contribution in [0.3, 0.4) is 0 Å². The molecule has 0 unspecified atom stereocenters. The van der Waals surface area contributed by atoms with Crippen LogP contribution in [-0.2, 0) is 16.1 Å². The monoisotopic (exact) mass is 301 g/mol. The van der Waals surface area contributed by atoms with Gasteiger partial charge in [0.15, 0.2) is 0 Å². The van der Waals surface area contributed by atoms with Crippen molar-refractivity contribution in [1.82, 2.24) is 14.5 Å². The van der Waals surface area contributed by atoms with Gasteiger partial charge in [0.25, 0.3) is 5.56 Å². The number of ether oxygens (including phenoxy) is 1. The topological polar surface area (TPSA) is 64.4 Å². The average molecular weight is 302 g/mol. The van der Waals surface area contributed by atoms with E-state index >= 15 is 0 Å². The van der Waals surface area contributed by atoms with Gasteiger partial charge in [-0.1, -0.05) is 0 Å². The van der Waals surface area contributed by atoms with Crippen molar-refractivity contribution < 1.29 is 9.53 Å². The molecule has 0 saturated carbocycles. The fourth-order valence-electron chi connectivity index (χ4n) is 1.60. The molecule has 2 heterocycles. The molecule has 0 radical (unpaired) electrons. The predicted molar refractivity (Wildman–Crippen MR) is 63.6 cm³/mol. The van der Waals surface area contributed by atoms with Crippen LogP contribution in [0.25, 0.3) is 0 Å². The van der Waals surface area contributed by atoms with Gasteiger partial charge in [-0.05, 0) is 15.9 Å². The number of morpholine rings is 1. The molecule has 2 rings (SSSR count). The van der Waals surface area contributed by atoms with Crippen LogP contribution in [0.5, 0.6) is 0 Å². The van der Waals surface area contributed by atoms with Gasteiger partial charge in [-0.3, -0.25) is 14.2 Å². The number of carbonyl (C=O) groups excluding carboxylic acids is 1. The molecule has 1 aliphatic heterocycles. The van der Waals surface area contributed by atoms with E-state index < -0.39 is 0 Å². The van der Waals surface area contributed by atoms with Gasteiger partial charge in [-0.2, -0.15) is 0 Å². The second-order valence-corrected chi connectivity index (χ2v) is 4.52. The molecule has 0 N–H and O–H groups in total. The van der Waals surface area contributed by atoms with Crippen molar-refractivity contribution in [2.45, 2.75) is 6.54 Å². The highest BCUT2D eigenvalue weighted by Gasteiger charge is 2.17. The Hall–Kier alpha value is -1.21. The van der Waals surface area contributed by atoms with E-state index in [2.05, 4.69) is 20.9 Å². The third-order valence-electron chi connectivity index (χ3n) is 2.53. The second-order valence-electron chi connectivity index (χ2n) is 3.67.